The zero-order valence-corrected chi connectivity index (χ0v) is 22.7. The Morgan fingerprint density at radius 3 is 2.06 bits per heavy atom. The van der Waals surface area contributed by atoms with Gasteiger partial charge in [-0.15, -0.1) is 0 Å². The van der Waals surface area contributed by atoms with E-state index in [1.807, 2.05) is 84.0 Å². The number of benzene rings is 2. The van der Waals surface area contributed by atoms with Crippen LogP contribution in [0.4, 0.5) is 5.69 Å². The Labute approximate surface area is 210 Å². The van der Waals surface area contributed by atoms with Gasteiger partial charge in [-0.05, 0) is 50.3 Å². The van der Waals surface area contributed by atoms with Crippen molar-refractivity contribution < 1.29 is 18.0 Å². The molecule has 0 heterocycles. The number of hydrogen-bond acceptors (Lipinski definition) is 4. The summed E-state index contributed by atoms with van der Waals surface area (Å²) in [5, 5.41) is 2.97. The first kappa shape index (κ1) is 28.4. The van der Waals surface area contributed by atoms with Crippen molar-refractivity contribution in [2.75, 3.05) is 17.1 Å². The number of rotatable bonds is 10. The maximum Gasteiger partial charge on any atom is 0.244 e. The Morgan fingerprint density at radius 2 is 1.54 bits per heavy atom. The van der Waals surface area contributed by atoms with Gasteiger partial charge < -0.3 is 10.2 Å². The smallest absolute Gasteiger partial charge is 0.244 e. The minimum absolute atomic E-state index is 0.0620. The Kier molecular flexibility index (Phi) is 9.49. The molecule has 1 N–H and O–H groups in total. The van der Waals surface area contributed by atoms with Gasteiger partial charge in [0.15, 0.2) is 0 Å². The molecular formula is C27H39N3O4S. The van der Waals surface area contributed by atoms with Crippen LogP contribution in [-0.4, -0.2) is 49.5 Å². The lowest BCUT2D eigenvalue weighted by Crippen LogP contribution is -2.55. The molecule has 2 aromatic carbocycles. The molecule has 0 aliphatic heterocycles. The fourth-order valence-electron chi connectivity index (χ4n) is 3.95. The topological polar surface area (TPSA) is 86.8 Å². The first-order valence-electron chi connectivity index (χ1n) is 12.0. The highest BCUT2D eigenvalue weighted by molar-refractivity contribution is 7.92. The van der Waals surface area contributed by atoms with E-state index in [0.717, 1.165) is 21.7 Å². The third-order valence-electron chi connectivity index (χ3n) is 5.59. The molecule has 192 valence electrons. The maximum absolute atomic E-state index is 13.8. The molecule has 8 heteroatoms. The number of carbonyl (C=O) groups excluding carboxylic acids is 2. The van der Waals surface area contributed by atoms with Crippen molar-refractivity contribution in [3.8, 4) is 0 Å². The molecule has 0 aromatic heterocycles. The summed E-state index contributed by atoms with van der Waals surface area (Å²) >= 11 is 0. The molecule has 7 nitrogen and oxygen atoms in total. The Morgan fingerprint density at radius 1 is 0.971 bits per heavy atom. The van der Waals surface area contributed by atoms with E-state index in [-0.39, 0.29) is 18.4 Å². The van der Waals surface area contributed by atoms with Gasteiger partial charge in [-0.1, -0.05) is 69.3 Å². The van der Waals surface area contributed by atoms with E-state index < -0.39 is 34.1 Å². The average molecular weight is 502 g/mol. The predicted octanol–water partition coefficient (Wildman–Crippen LogP) is 4.30. The molecule has 2 rings (SSSR count). The molecule has 0 saturated carbocycles. The first-order valence-corrected chi connectivity index (χ1v) is 13.8. The average Bonchev–Trinajstić information content (AvgIpc) is 2.75. The number of amides is 2. The Bertz CT molecular complexity index is 1110. The lowest BCUT2D eigenvalue weighted by atomic mass is 10.0. The molecule has 0 bridgehead atoms. The Balaban J connectivity index is 2.50. The number of hydrogen-bond donors (Lipinski definition) is 1. The normalized spacial score (nSPS) is 12.8. The van der Waals surface area contributed by atoms with Crippen molar-refractivity contribution in [2.24, 2.45) is 0 Å². The molecule has 2 amide bonds. The minimum Gasteiger partial charge on any atom is -0.350 e. The van der Waals surface area contributed by atoms with Gasteiger partial charge in [0.25, 0.3) is 0 Å². The third kappa shape index (κ3) is 8.09. The van der Waals surface area contributed by atoms with Crippen LogP contribution >= 0.6 is 0 Å². The standard InChI is InChI=1S/C27H39N3O4S/c1-8-23(26(32)28-27(4,5)6)29(18-21-14-10-9-11-15-21)25(31)19-30(35(7,33)34)24-17-13-12-16-22(24)20(2)3/h9-17,20,23H,8,18-19H2,1-7H3,(H,28,32). The molecule has 0 radical (unpaired) electrons. The van der Waals surface area contributed by atoms with Crippen LogP contribution in [0.3, 0.4) is 0 Å². The fraction of sp³-hybridized carbons (Fsp3) is 0.481. The van der Waals surface area contributed by atoms with Crippen molar-refractivity contribution in [2.45, 2.75) is 72.0 Å². The number of nitrogens with one attached hydrogen (secondary N) is 1. The predicted molar refractivity (Wildman–Crippen MR) is 142 cm³/mol. The number of nitrogens with zero attached hydrogens (tertiary/aromatic N) is 2. The summed E-state index contributed by atoms with van der Waals surface area (Å²) < 4.78 is 26.9. The lowest BCUT2D eigenvalue weighted by molar-refractivity contribution is -0.141. The van der Waals surface area contributed by atoms with Crippen LogP contribution in [0.5, 0.6) is 0 Å². The highest BCUT2D eigenvalue weighted by Crippen LogP contribution is 2.29. The minimum atomic E-state index is -3.77. The third-order valence-corrected chi connectivity index (χ3v) is 6.71. The van der Waals surface area contributed by atoms with Crippen molar-refractivity contribution in [3.63, 3.8) is 0 Å². The summed E-state index contributed by atoms with van der Waals surface area (Å²) in [6.45, 7) is 11.3. The summed E-state index contributed by atoms with van der Waals surface area (Å²) in [5.74, 6) is -0.640. The number of para-hydroxylation sites is 1. The second-order valence-corrected chi connectivity index (χ2v) is 12.1. The van der Waals surface area contributed by atoms with E-state index in [9.17, 15) is 18.0 Å². The molecular weight excluding hydrogens is 462 g/mol. The molecule has 2 aromatic rings. The second-order valence-electron chi connectivity index (χ2n) is 10.2. The molecule has 0 aliphatic carbocycles. The second kappa shape index (κ2) is 11.7. The van der Waals surface area contributed by atoms with E-state index in [0.29, 0.717) is 12.1 Å². The van der Waals surface area contributed by atoms with Gasteiger partial charge in [0.05, 0.1) is 11.9 Å². The molecule has 1 unspecified atom stereocenters. The van der Waals surface area contributed by atoms with Gasteiger partial charge in [-0.25, -0.2) is 8.42 Å². The fourth-order valence-corrected chi connectivity index (χ4v) is 4.82. The first-order chi connectivity index (χ1) is 16.2. The number of sulfonamides is 1. The zero-order valence-electron chi connectivity index (χ0n) is 21.9. The molecule has 0 spiro atoms. The van der Waals surface area contributed by atoms with Crippen LogP contribution < -0.4 is 9.62 Å². The van der Waals surface area contributed by atoms with Gasteiger partial charge >= 0.3 is 0 Å². The van der Waals surface area contributed by atoms with E-state index >= 15 is 0 Å². The van der Waals surface area contributed by atoms with Crippen LogP contribution in [0.15, 0.2) is 54.6 Å². The summed E-state index contributed by atoms with van der Waals surface area (Å²) in [4.78, 5) is 28.4. The molecule has 0 saturated heterocycles. The van der Waals surface area contributed by atoms with E-state index in [1.165, 1.54) is 4.90 Å². The van der Waals surface area contributed by atoms with Gasteiger partial charge in [-0.2, -0.15) is 0 Å². The van der Waals surface area contributed by atoms with Crippen molar-refractivity contribution in [3.05, 3.63) is 65.7 Å². The largest absolute Gasteiger partial charge is 0.350 e. The molecule has 0 fully saturated rings. The van der Waals surface area contributed by atoms with E-state index in [2.05, 4.69) is 5.32 Å². The highest BCUT2D eigenvalue weighted by Gasteiger charge is 2.33. The quantitative estimate of drug-likeness (QED) is 0.526. The maximum atomic E-state index is 13.8. The summed E-state index contributed by atoms with van der Waals surface area (Å²) in [6, 6.07) is 15.9. The van der Waals surface area contributed by atoms with Crippen LogP contribution in [0.25, 0.3) is 0 Å². The summed E-state index contributed by atoms with van der Waals surface area (Å²) in [6.07, 6.45) is 1.49. The van der Waals surface area contributed by atoms with Gasteiger partial charge in [0.1, 0.15) is 12.6 Å². The van der Waals surface area contributed by atoms with Crippen molar-refractivity contribution in [1.82, 2.24) is 10.2 Å². The zero-order chi connectivity index (χ0) is 26.4. The van der Waals surface area contributed by atoms with Gasteiger partial charge in [-0.3, -0.25) is 13.9 Å². The van der Waals surface area contributed by atoms with E-state index in [4.69, 9.17) is 0 Å². The van der Waals surface area contributed by atoms with Crippen molar-refractivity contribution >= 4 is 27.5 Å². The van der Waals surface area contributed by atoms with Crippen LogP contribution in [0.2, 0.25) is 0 Å². The summed E-state index contributed by atoms with van der Waals surface area (Å²) in [7, 11) is -3.77. The Hall–Kier alpha value is -2.87. The van der Waals surface area contributed by atoms with Gasteiger partial charge in [0, 0.05) is 12.1 Å². The van der Waals surface area contributed by atoms with Crippen LogP contribution in [-0.2, 0) is 26.2 Å². The molecule has 0 aliphatic rings. The van der Waals surface area contributed by atoms with Crippen LogP contribution in [0, 0.1) is 0 Å². The number of anilines is 1. The number of carbonyl (C=O) groups is 2. The van der Waals surface area contributed by atoms with Crippen molar-refractivity contribution in [1.29, 1.82) is 0 Å². The van der Waals surface area contributed by atoms with E-state index in [1.54, 1.807) is 12.1 Å². The summed E-state index contributed by atoms with van der Waals surface area (Å²) in [5.41, 5.74) is 1.69. The SMILES string of the molecule is CCC(C(=O)NC(C)(C)C)N(Cc1ccccc1)C(=O)CN(c1ccccc1C(C)C)S(C)(=O)=O. The monoisotopic (exact) mass is 501 g/mol. The highest BCUT2D eigenvalue weighted by atomic mass is 32.2. The van der Waals surface area contributed by atoms with Crippen LogP contribution in [0.1, 0.15) is 65.0 Å². The van der Waals surface area contributed by atoms with Gasteiger partial charge in [0.2, 0.25) is 21.8 Å². The molecule has 35 heavy (non-hydrogen) atoms. The molecule has 1 atom stereocenters. The lowest BCUT2D eigenvalue weighted by Gasteiger charge is -2.35.